The Hall–Kier alpha value is -3.63. The first-order valence-corrected chi connectivity index (χ1v) is 16.2. The summed E-state index contributed by atoms with van der Waals surface area (Å²) in [6.07, 6.45) is 7.38. The maximum Gasteiger partial charge on any atom is 0.272 e. The van der Waals surface area contributed by atoms with Crippen LogP contribution in [-0.2, 0) is 11.2 Å². The molecule has 232 valence electrons. The highest BCUT2D eigenvalue weighted by Crippen LogP contribution is 2.50. The molecule has 1 saturated carbocycles. The number of hydrogen-bond donors (Lipinski definition) is 2. The van der Waals surface area contributed by atoms with Crippen molar-refractivity contribution in [2.75, 3.05) is 52.4 Å². The largest absolute Gasteiger partial charge is 0.339 e. The summed E-state index contributed by atoms with van der Waals surface area (Å²) >= 11 is 0. The molecule has 2 aromatic carbocycles. The Morgan fingerprint density at radius 1 is 0.909 bits per heavy atom. The number of carbonyl (C=O) groups excluding carboxylic acids is 2. The van der Waals surface area contributed by atoms with E-state index in [4.69, 9.17) is 0 Å². The van der Waals surface area contributed by atoms with Gasteiger partial charge in [-0.3, -0.25) is 14.4 Å². The molecular weight excluding hydrogens is 559 g/mol. The van der Waals surface area contributed by atoms with Gasteiger partial charge in [-0.25, -0.2) is 9.49 Å². The molecule has 7 rings (SSSR count). The predicted octanol–water partition coefficient (Wildman–Crippen LogP) is 3.18. The van der Waals surface area contributed by atoms with Gasteiger partial charge >= 0.3 is 0 Å². The molecule has 3 saturated heterocycles. The zero-order valence-corrected chi connectivity index (χ0v) is 25.2. The van der Waals surface area contributed by atoms with Crippen molar-refractivity contribution in [3.63, 3.8) is 0 Å². The standard InChI is InChI=1S/C34H41FN6O3/c35-29-6-5-23(20-30-26-3-1-2-4-27(26)31(42)38-37-30)19-28(29)33(44)41-17-15-40(16-18-41)32(43)24-7-13-39(14-8-24)25-21-34(22-25)9-11-36-12-10-34/h1-6,19,24-25,36H,7-18,20-22H2,(H,38,42). The van der Waals surface area contributed by atoms with Gasteiger partial charge in [0, 0.05) is 49.9 Å². The van der Waals surface area contributed by atoms with E-state index >= 15 is 0 Å². The van der Waals surface area contributed by atoms with Crippen LogP contribution in [0.15, 0.2) is 47.3 Å². The first-order chi connectivity index (χ1) is 21.4. The minimum absolute atomic E-state index is 0.0191. The first kappa shape index (κ1) is 29.1. The molecule has 0 bridgehead atoms. The molecule has 10 heteroatoms. The number of halogens is 1. The Morgan fingerprint density at radius 2 is 1.59 bits per heavy atom. The molecule has 4 fully saturated rings. The van der Waals surface area contributed by atoms with E-state index in [1.807, 2.05) is 17.0 Å². The Labute approximate surface area is 256 Å². The molecule has 1 aliphatic carbocycles. The minimum Gasteiger partial charge on any atom is -0.339 e. The fourth-order valence-corrected chi connectivity index (χ4v) is 7.98. The van der Waals surface area contributed by atoms with E-state index in [1.54, 1.807) is 29.2 Å². The van der Waals surface area contributed by atoms with Crippen molar-refractivity contribution in [1.82, 2.24) is 30.2 Å². The summed E-state index contributed by atoms with van der Waals surface area (Å²) < 4.78 is 14.9. The first-order valence-electron chi connectivity index (χ1n) is 16.2. The van der Waals surface area contributed by atoms with Gasteiger partial charge in [0.25, 0.3) is 11.5 Å². The van der Waals surface area contributed by atoms with Crippen LogP contribution in [0.25, 0.3) is 10.8 Å². The number of rotatable bonds is 5. The van der Waals surface area contributed by atoms with Gasteiger partial charge in [-0.05, 0) is 93.9 Å². The highest BCUT2D eigenvalue weighted by atomic mass is 19.1. The normalized spacial score (nSPS) is 21.5. The molecule has 2 amide bonds. The molecular formula is C34H41FN6O3. The SMILES string of the molecule is O=C(c1cc(Cc2n[nH]c(=O)c3ccccc23)ccc1F)N1CCN(C(=O)C2CCN(C3CC4(CCNCC4)C3)CC2)CC1. The van der Waals surface area contributed by atoms with E-state index < -0.39 is 5.82 Å². The lowest BCUT2D eigenvalue weighted by molar-refractivity contribution is -0.139. The molecule has 4 aliphatic rings. The fourth-order valence-electron chi connectivity index (χ4n) is 7.98. The minimum atomic E-state index is -0.569. The van der Waals surface area contributed by atoms with Gasteiger partial charge < -0.3 is 20.0 Å². The van der Waals surface area contributed by atoms with Crippen LogP contribution in [0.5, 0.6) is 0 Å². The van der Waals surface area contributed by atoms with Crippen LogP contribution < -0.4 is 10.9 Å². The van der Waals surface area contributed by atoms with E-state index in [0.29, 0.717) is 55.1 Å². The van der Waals surface area contributed by atoms with Crippen LogP contribution in [-0.4, -0.2) is 95.1 Å². The lowest BCUT2D eigenvalue weighted by Gasteiger charge is -2.55. The van der Waals surface area contributed by atoms with Crippen molar-refractivity contribution in [3.8, 4) is 0 Å². The summed E-state index contributed by atoms with van der Waals surface area (Å²) in [5, 5.41) is 11.5. The van der Waals surface area contributed by atoms with Crippen molar-refractivity contribution in [2.45, 2.75) is 51.0 Å². The van der Waals surface area contributed by atoms with Crippen molar-refractivity contribution in [2.24, 2.45) is 11.3 Å². The number of aromatic amines is 1. The summed E-state index contributed by atoms with van der Waals surface area (Å²) in [4.78, 5) is 45.1. The van der Waals surface area contributed by atoms with E-state index in [2.05, 4.69) is 20.4 Å². The molecule has 9 nitrogen and oxygen atoms in total. The molecule has 3 aliphatic heterocycles. The molecule has 44 heavy (non-hydrogen) atoms. The van der Waals surface area contributed by atoms with Crippen molar-refractivity contribution < 1.29 is 14.0 Å². The Kier molecular flexibility index (Phi) is 7.97. The number of aromatic nitrogens is 2. The second-order valence-electron chi connectivity index (χ2n) is 13.3. The van der Waals surface area contributed by atoms with Crippen LogP contribution in [0, 0.1) is 17.2 Å². The van der Waals surface area contributed by atoms with Gasteiger partial charge in [0.05, 0.1) is 16.6 Å². The maximum atomic E-state index is 14.9. The molecule has 4 heterocycles. The summed E-state index contributed by atoms with van der Waals surface area (Å²) in [5.74, 6) is -0.681. The third-order valence-corrected chi connectivity index (χ3v) is 10.7. The number of likely N-dealkylation sites (tertiary alicyclic amines) is 1. The lowest BCUT2D eigenvalue weighted by Crippen LogP contribution is -2.57. The third-order valence-electron chi connectivity index (χ3n) is 10.7. The smallest absolute Gasteiger partial charge is 0.272 e. The number of fused-ring (bicyclic) bond motifs is 1. The molecule has 1 spiro atoms. The lowest BCUT2D eigenvalue weighted by atomic mass is 9.60. The van der Waals surface area contributed by atoms with E-state index in [0.717, 1.165) is 50.0 Å². The number of piperazine rings is 1. The number of hydrogen-bond acceptors (Lipinski definition) is 6. The van der Waals surface area contributed by atoms with Crippen LogP contribution in [0.3, 0.4) is 0 Å². The average Bonchev–Trinajstić information content (AvgIpc) is 3.06. The van der Waals surface area contributed by atoms with Gasteiger partial charge in [0.1, 0.15) is 5.82 Å². The number of amides is 2. The van der Waals surface area contributed by atoms with E-state index in [-0.39, 0.29) is 28.9 Å². The molecule has 2 N–H and O–H groups in total. The van der Waals surface area contributed by atoms with Crippen LogP contribution in [0.1, 0.15) is 60.1 Å². The van der Waals surface area contributed by atoms with Crippen molar-refractivity contribution in [1.29, 1.82) is 0 Å². The van der Waals surface area contributed by atoms with Gasteiger partial charge in [-0.1, -0.05) is 24.3 Å². The monoisotopic (exact) mass is 600 g/mol. The number of piperidine rings is 2. The number of nitrogens with one attached hydrogen (secondary N) is 2. The van der Waals surface area contributed by atoms with Gasteiger partial charge in [0.2, 0.25) is 5.91 Å². The number of benzene rings is 2. The molecule has 0 atom stereocenters. The van der Waals surface area contributed by atoms with Crippen LogP contribution in [0.4, 0.5) is 4.39 Å². The Balaban J connectivity index is 0.925. The highest BCUT2D eigenvalue weighted by molar-refractivity contribution is 5.95. The highest BCUT2D eigenvalue weighted by Gasteiger charge is 2.47. The van der Waals surface area contributed by atoms with E-state index in [9.17, 15) is 18.8 Å². The molecule has 0 unspecified atom stereocenters. The van der Waals surface area contributed by atoms with Crippen LogP contribution >= 0.6 is 0 Å². The van der Waals surface area contributed by atoms with Crippen molar-refractivity contribution >= 4 is 22.6 Å². The third kappa shape index (κ3) is 5.65. The van der Waals surface area contributed by atoms with Crippen LogP contribution in [0.2, 0.25) is 0 Å². The summed E-state index contributed by atoms with van der Waals surface area (Å²) in [6, 6.07) is 12.5. The number of nitrogens with zero attached hydrogens (tertiary/aromatic N) is 4. The quantitative estimate of drug-likeness (QED) is 0.467. The maximum absolute atomic E-state index is 14.9. The van der Waals surface area contributed by atoms with Gasteiger partial charge in [-0.2, -0.15) is 5.10 Å². The second kappa shape index (κ2) is 12.0. The zero-order chi connectivity index (χ0) is 30.3. The summed E-state index contributed by atoms with van der Waals surface area (Å²) in [6.45, 7) is 6.00. The number of H-pyrrole nitrogens is 1. The van der Waals surface area contributed by atoms with Gasteiger partial charge in [0.15, 0.2) is 0 Å². The zero-order valence-electron chi connectivity index (χ0n) is 25.2. The predicted molar refractivity (Wildman–Crippen MR) is 166 cm³/mol. The fraction of sp³-hybridized carbons (Fsp3) is 0.529. The Bertz CT molecular complexity index is 1590. The van der Waals surface area contributed by atoms with E-state index in [1.165, 1.54) is 31.7 Å². The van der Waals surface area contributed by atoms with Crippen molar-refractivity contribution in [3.05, 3.63) is 75.5 Å². The molecule has 3 aromatic rings. The number of carbonyl (C=O) groups is 2. The van der Waals surface area contributed by atoms with Gasteiger partial charge in [-0.15, -0.1) is 0 Å². The average molecular weight is 601 g/mol. The molecule has 1 aromatic heterocycles. The Morgan fingerprint density at radius 3 is 2.32 bits per heavy atom. The molecule has 0 radical (unpaired) electrons. The second-order valence-corrected chi connectivity index (χ2v) is 13.3. The summed E-state index contributed by atoms with van der Waals surface area (Å²) in [5.41, 5.74) is 1.71. The summed E-state index contributed by atoms with van der Waals surface area (Å²) in [7, 11) is 0. The topological polar surface area (TPSA) is 102 Å².